The van der Waals surface area contributed by atoms with Crippen LogP contribution in [0.15, 0.2) is 158 Å². The van der Waals surface area contributed by atoms with Gasteiger partial charge in [0.15, 0.2) is 23.0 Å². The number of ether oxygens (including phenoxy) is 6. The predicted octanol–water partition coefficient (Wildman–Crippen LogP) is 8.30. The molecule has 6 rings (SSSR count). The van der Waals surface area contributed by atoms with Gasteiger partial charge in [0, 0.05) is 19.9 Å². The van der Waals surface area contributed by atoms with Gasteiger partial charge in [0.05, 0.1) is 7.11 Å². The maximum Gasteiger partial charge on any atom is 0.412 e. The molecule has 6 aromatic carbocycles. The molecular weight excluding hydrogens is 838 g/mol. The number of hydrogen-bond donors (Lipinski definition) is 3. The maximum absolute atomic E-state index is 14.3. The minimum atomic E-state index is -1.24. The van der Waals surface area contributed by atoms with E-state index in [1.807, 2.05) is 121 Å². The number of halogens is 1. The van der Waals surface area contributed by atoms with Gasteiger partial charge in [0.2, 0.25) is 5.91 Å². The average molecular weight is 888 g/mol. The van der Waals surface area contributed by atoms with Crippen LogP contribution in [0.2, 0.25) is 0 Å². The predicted molar refractivity (Wildman–Crippen MR) is 242 cm³/mol. The van der Waals surface area contributed by atoms with E-state index in [2.05, 4.69) is 16.0 Å². The lowest BCUT2D eigenvalue weighted by molar-refractivity contribution is -0.145. The average Bonchev–Trinajstić information content (AvgIpc) is 3.32. The second-order valence-electron chi connectivity index (χ2n) is 14.3. The first-order valence-electron chi connectivity index (χ1n) is 20.3. The second kappa shape index (κ2) is 24.8. The van der Waals surface area contributed by atoms with Gasteiger partial charge in [-0.05, 0) is 57.6 Å². The van der Waals surface area contributed by atoms with Gasteiger partial charge in [0.25, 0.3) is 0 Å². The topological polar surface area (TPSA) is 160 Å². The van der Waals surface area contributed by atoms with Gasteiger partial charge < -0.3 is 44.4 Å². The number of hydrogen-bond acceptors (Lipinski definition) is 10. The van der Waals surface area contributed by atoms with Crippen molar-refractivity contribution in [2.45, 2.75) is 51.4 Å². The van der Waals surface area contributed by atoms with E-state index in [1.54, 1.807) is 36.4 Å². The Labute approximate surface area is 378 Å². The van der Waals surface area contributed by atoms with Crippen molar-refractivity contribution in [3.05, 3.63) is 191 Å². The van der Waals surface area contributed by atoms with Gasteiger partial charge in [-0.15, -0.1) is 12.4 Å². The molecule has 14 heteroatoms. The lowest BCUT2D eigenvalue weighted by atomic mass is 10.0. The summed E-state index contributed by atoms with van der Waals surface area (Å²) in [6, 6.07) is 45.6. The highest BCUT2D eigenvalue weighted by atomic mass is 35.5. The van der Waals surface area contributed by atoms with Crippen LogP contribution in [-0.4, -0.2) is 50.3 Å². The van der Waals surface area contributed by atoms with Crippen molar-refractivity contribution in [2.75, 3.05) is 14.2 Å². The van der Waals surface area contributed by atoms with Crippen molar-refractivity contribution in [3.63, 3.8) is 0 Å². The summed E-state index contributed by atoms with van der Waals surface area (Å²) >= 11 is 0. The number of rotatable bonds is 20. The number of esters is 1. The van der Waals surface area contributed by atoms with Crippen molar-refractivity contribution in [1.29, 1.82) is 0 Å². The molecule has 0 bridgehead atoms. The maximum atomic E-state index is 14.3. The molecule has 0 heterocycles. The number of amides is 3. The Morgan fingerprint density at radius 2 is 0.891 bits per heavy atom. The minimum absolute atomic E-state index is 0. The van der Waals surface area contributed by atoms with Crippen LogP contribution in [0.4, 0.5) is 9.59 Å². The molecule has 0 unspecified atom stereocenters. The van der Waals surface area contributed by atoms with E-state index < -0.39 is 36.1 Å². The number of methoxy groups -OCH3 is 1. The van der Waals surface area contributed by atoms with E-state index in [0.717, 1.165) is 22.3 Å². The van der Waals surface area contributed by atoms with Crippen molar-refractivity contribution >= 4 is 36.5 Å². The van der Waals surface area contributed by atoms with Gasteiger partial charge >= 0.3 is 18.2 Å². The van der Waals surface area contributed by atoms with Crippen LogP contribution in [-0.2, 0) is 58.3 Å². The van der Waals surface area contributed by atoms with E-state index >= 15 is 0 Å². The van der Waals surface area contributed by atoms with Crippen molar-refractivity contribution < 1.29 is 47.6 Å². The first-order chi connectivity index (χ1) is 30.8. The smallest absolute Gasteiger partial charge is 0.412 e. The van der Waals surface area contributed by atoms with Crippen LogP contribution < -0.4 is 34.9 Å². The zero-order valence-corrected chi connectivity index (χ0v) is 36.2. The van der Waals surface area contributed by atoms with E-state index in [9.17, 15) is 19.2 Å². The molecule has 3 N–H and O–H groups in total. The lowest BCUT2D eigenvalue weighted by Gasteiger charge is -2.23. The van der Waals surface area contributed by atoms with Crippen LogP contribution in [0, 0.1) is 0 Å². The molecule has 0 aromatic heterocycles. The molecule has 0 aliphatic carbocycles. The monoisotopic (exact) mass is 887 g/mol. The van der Waals surface area contributed by atoms with Crippen molar-refractivity contribution in [2.24, 2.45) is 0 Å². The second-order valence-corrected chi connectivity index (χ2v) is 14.3. The fourth-order valence-corrected chi connectivity index (χ4v) is 6.34. The Hall–Kier alpha value is -7.51. The van der Waals surface area contributed by atoms with Crippen LogP contribution in [0.25, 0.3) is 0 Å². The Morgan fingerprint density at radius 1 is 0.469 bits per heavy atom. The molecule has 0 spiro atoms. The third kappa shape index (κ3) is 14.8. The molecule has 64 heavy (non-hydrogen) atoms. The van der Waals surface area contributed by atoms with E-state index in [4.69, 9.17) is 28.4 Å². The first kappa shape index (κ1) is 47.5. The fourth-order valence-electron chi connectivity index (χ4n) is 6.34. The van der Waals surface area contributed by atoms with Gasteiger partial charge in [0.1, 0.15) is 38.5 Å². The van der Waals surface area contributed by atoms with E-state index in [0.29, 0.717) is 29.2 Å². The molecule has 6 aromatic rings. The Balaban J connectivity index is 0.00000771. The normalized spacial score (nSPS) is 11.3. The van der Waals surface area contributed by atoms with Crippen LogP contribution >= 0.6 is 12.4 Å². The molecule has 0 fully saturated rings. The zero-order valence-electron chi connectivity index (χ0n) is 35.4. The number of benzene rings is 6. The highest BCUT2D eigenvalue weighted by molar-refractivity contribution is 5.90. The van der Waals surface area contributed by atoms with Crippen LogP contribution in [0.5, 0.6) is 23.0 Å². The molecule has 0 saturated heterocycles. The van der Waals surface area contributed by atoms with Gasteiger partial charge in [-0.25, -0.2) is 14.4 Å². The SMILES string of the molecule is CNC(=O)Oc1cc(C[C@H](NC(=O)[C@H](Cc2ccc(OCc3ccccc3)c(OCc3ccccc3)c2)NC(=O)OCc2ccccc2)C(=O)OC)ccc1OCc1ccccc1.Cl. The summed E-state index contributed by atoms with van der Waals surface area (Å²) in [5, 5.41) is 7.88. The van der Waals surface area contributed by atoms with Gasteiger partial charge in [-0.2, -0.15) is 0 Å². The summed E-state index contributed by atoms with van der Waals surface area (Å²) in [5.41, 5.74) is 4.68. The fraction of sp³-hybridized carbons (Fsp3) is 0.200. The Kier molecular flexibility index (Phi) is 18.4. The molecule has 13 nitrogen and oxygen atoms in total. The molecule has 0 aliphatic heterocycles. The summed E-state index contributed by atoms with van der Waals surface area (Å²) in [7, 11) is 2.63. The highest BCUT2D eigenvalue weighted by Gasteiger charge is 2.29. The van der Waals surface area contributed by atoms with Crippen molar-refractivity contribution in [3.8, 4) is 23.0 Å². The molecule has 0 saturated carbocycles. The standard InChI is InChI=1S/C50H49N3O10.ClH/c1-51-49(56)63-46-30-40(24-26-44(46)60-32-36-17-9-4-10-18-36)28-42(48(55)58-2)52-47(54)41(53-50(57)62-34-38-21-13-6-14-22-38)27-39-23-25-43(59-31-35-15-7-3-8-16-35)45(29-39)61-33-37-19-11-5-12-20-37;/h3-26,29-30,41-42H,27-28,31-34H2,1-2H3,(H,51,56)(H,52,54)(H,53,57);1H/t41-,42-;/m0./s1. The number of nitrogens with one attached hydrogen (secondary N) is 3. The summed E-state index contributed by atoms with van der Waals surface area (Å²) in [5.74, 6) is -0.147. The molecule has 3 amide bonds. The number of alkyl carbamates (subject to hydrolysis) is 1. The summed E-state index contributed by atoms with van der Waals surface area (Å²) in [6.07, 6.45) is -1.68. The van der Waals surface area contributed by atoms with Gasteiger partial charge in [-0.3, -0.25) is 4.79 Å². The van der Waals surface area contributed by atoms with E-state index in [-0.39, 0.29) is 56.6 Å². The molecular formula is C50H50ClN3O10. The van der Waals surface area contributed by atoms with Crippen LogP contribution in [0.1, 0.15) is 33.4 Å². The van der Waals surface area contributed by atoms with Crippen molar-refractivity contribution in [1.82, 2.24) is 16.0 Å². The third-order valence-electron chi connectivity index (χ3n) is 9.64. The highest BCUT2D eigenvalue weighted by Crippen LogP contribution is 2.32. The van der Waals surface area contributed by atoms with Crippen LogP contribution in [0.3, 0.4) is 0 Å². The quantitative estimate of drug-likeness (QED) is 0.0637. The van der Waals surface area contributed by atoms with Gasteiger partial charge in [-0.1, -0.05) is 133 Å². The third-order valence-corrected chi connectivity index (χ3v) is 9.64. The van der Waals surface area contributed by atoms with E-state index in [1.165, 1.54) is 14.2 Å². The summed E-state index contributed by atoms with van der Waals surface area (Å²) < 4.78 is 34.6. The lowest BCUT2D eigenvalue weighted by Crippen LogP contribution is -2.53. The number of carbonyl (C=O) groups excluding carboxylic acids is 4. The minimum Gasteiger partial charge on any atom is -0.485 e. The first-order valence-corrected chi connectivity index (χ1v) is 20.3. The molecule has 0 radical (unpaired) electrons. The Morgan fingerprint density at radius 3 is 1.36 bits per heavy atom. The zero-order chi connectivity index (χ0) is 44.2. The summed E-state index contributed by atoms with van der Waals surface area (Å²) in [4.78, 5) is 53.2. The number of carbonyl (C=O) groups is 4. The largest absolute Gasteiger partial charge is 0.485 e. The summed E-state index contributed by atoms with van der Waals surface area (Å²) in [6.45, 7) is 0.704. The molecule has 332 valence electrons. The molecule has 2 atom stereocenters. The Bertz CT molecular complexity index is 2410. The molecule has 0 aliphatic rings.